The lowest BCUT2D eigenvalue weighted by Gasteiger charge is -2.20. The fourth-order valence-corrected chi connectivity index (χ4v) is 1.24. The smallest absolute Gasteiger partial charge is 0.234 e. The van der Waals surface area contributed by atoms with Crippen molar-refractivity contribution in [3.8, 4) is 0 Å². The molecule has 1 radical (unpaired) electrons. The number of hydrogen-bond donors (Lipinski definition) is 3. The van der Waals surface area contributed by atoms with Crippen molar-refractivity contribution in [2.45, 2.75) is 51.6 Å². The summed E-state index contributed by atoms with van der Waals surface area (Å²) in [7, 11) is 0. The van der Waals surface area contributed by atoms with E-state index in [0.29, 0.717) is 13.0 Å². The van der Waals surface area contributed by atoms with Crippen LogP contribution in [0, 0.1) is 0 Å². The summed E-state index contributed by atoms with van der Waals surface area (Å²) in [6.45, 7) is 6.74. The minimum Gasteiger partial charge on any atom is -0.345 e. The Kier molecular flexibility index (Phi) is 7.74. The molecule has 5 nitrogen and oxygen atoms in total. The third-order valence-corrected chi connectivity index (χ3v) is 2.20. The number of nitrogens with one attached hydrogen (secondary N) is 2. The summed E-state index contributed by atoms with van der Waals surface area (Å²) in [6, 6.07) is -0.518. The Labute approximate surface area is 104 Å². The first kappa shape index (κ1) is 16.1. The summed E-state index contributed by atoms with van der Waals surface area (Å²) >= 11 is 0. The van der Waals surface area contributed by atoms with E-state index >= 15 is 0 Å². The maximum absolute atomic E-state index is 11.5. The zero-order valence-electron chi connectivity index (χ0n) is 11.0. The minimum atomic E-state index is -0.518. The molecule has 0 unspecified atom stereocenters. The molecular formula is C12H24N3O2. The number of carbonyl (C=O) groups is 1. The van der Waals surface area contributed by atoms with Gasteiger partial charge in [0, 0.05) is 5.54 Å². The number of unbranched alkanes of at least 4 members (excludes halogenated alkanes) is 1. The van der Waals surface area contributed by atoms with Gasteiger partial charge in [0.05, 0.1) is 12.6 Å². The molecular weight excluding hydrogens is 218 g/mol. The van der Waals surface area contributed by atoms with Crippen LogP contribution in [0.1, 0.15) is 40.0 Å². The van der Waals surface area contributed by atoms with Crippen LogP contribution in [-0.2, 0) is 9.59 Å². The summed E-state index contributed by atoms with van der Waals surface area (Å²) in [4.78, 5) is 22.2. The van der Waals surface area contributed by atoms with E-state index in [1.54, 1.807) is 0 Å². The average Bonchev–Trinajstić information content (AvgIpc) is 2.24. The maximum atomic E-state index is 11.5. The lowest BCUT2D eigenvalue weighted by molar-refractivity contribution is -0.120. The summed E-state index contributed by atoms with van der Waals surface area (Å²) in [6.07, 6.45) is 4.12. The molecule has 0 aromatic rings. The van der Waals surface area contributed by atoms with E-state index in [1.165, 1.54) is 0 Å². The molecule has 99 valence electrons. The predicted molar refractivity (Wildman–Crippen MR) is 68.3 cm³/mol. The first-order valence-electron chi connectivity index (χ1n) is 6.01. The first-order valence-corrected chi connectivity index (χ1v) is 6.01. The van der Waals surface area contributed by atoms with Gasteiger partial charge in [0.1, 0.15) is 0 Å². The minimum absolute atomic E-state index is 0.114. The third-order valence-electron chi connectivity index (χ3n) is 2.20. The van der Waals surface area contributed by atoms with Crippen LogP contribution in [0.25, 0.3) is 0 Å². The van der Waals surface area contributed by atoms with E-state index in [4.69, 9.17) is 5.73 Å². The van der Waals surface area contributed by atoms with Gasteiger partial charge in [-0.1, -0.05) is 0 Å². The Morgan fingerprint density at radius 2 is 2.00 bits per heavy atom. The molecule has 5 heteroatoms. The number of hydrogen-bond acceptors (Lipinski definition) is 4. The lowest BCUT2D eigenvalue weighted by Crippen LogP contribution is -2.46. The topological polar surface area (TPSA) is 84.2 Å². The van der Waals surface area contributed by atoms with Gasteiger partial charge in [-0.25, -0.2) is 0 Å². The molecule has 0 aromatic carbocycles. The Morgan fingerprint density at radius 1 is 1.35 bits per heavy atom. The molecule has 0 saturated heterocycles. The van der Waals surface area contributed by atoms with Gasteiger partial charge in [-0.15, -0.1) is 0 Å². The van der Waals surface area contributed by atoms with E-state index in [0.717, 1.165) is 12.8 Å². The third kappa shape index (κ3) is 9.96. The number of amides is 1. The fraction of sp³-hybridized carbons (Fsp3) is 0.833. The van der Waals surface area contributed by atoms with Crippen molar-refractivity contribution in [3.63, 3.8) is 0 Å². The maximum Gasteiger partial charge on any atom is 0.234 e. The van der Waals surface area contributed by atoms with Gasteiger partial charge in [0.15, 0.2) is 0 Å². The van der Waals surface area contributed by atoms with Gasteiger partial charge in [0.25, 0.3) is 0 Å². The molecule has 0 rings (SSSR count). The van der Waals surface area contributed by atoms with Crippen molar-refractivity contribution in [3.05, 3.63) is 0 Å². The molecule has 1 amide bonds. The Balaban J connectivity index is 3.86. The van der Waals surface area contributed by atoms with Crippen molar-refractivity contribution >= 4 is 12.2 Å². The van der Waals surface area contributed by atoms with Crippen LogP contribution in [0.3, 0.4) is 0 Å². The molecule has 0 heterocycles. The van der Waals surface area contributed by atoms with Gasteiger partial charge < -0.3 is 16.4 Å². The summed E-state index contributed by atoms with van der Waals surface area (Å²) in [5, 5.41) is 5.69. The number of carbonyl (C=O) groups excluding carboxylic acids is 2. The van der Waals surface area contributed by atoms with Gasteiger partial charge >= 0.3 is 0 Å². The second kappa shape index (κ2) is 8.20. The van der Waals surface area contributed by atoms with E-state index in [9.17, 15) is 9.59 Å². The van der Waals surface area contributed by atoms with Crippen LogP contribution in [0.4, 0.5) is 0 Å². The second-order valence-electron chi connectivity index (χ2n) is 5.13. The van der Waals surface area contributed by atoms with Crippen LogP contribution in [0.5, 0.6) is 0 Å². The molecule has 0 aromatic heterocycles. The SMILES string of the molecule is CC(C)(C)NCC(=O)N[C@H]([C]=O)CCCCN. The summed E-state index contributed by atoms with van der Waals surface area (Å²) in [5.41, 5.74) is 5.24. The van der Waals surface area contributed by atoms with Crippen LogP contribution in [-0.4, -0.2) is 36.9 Å². The highest BCUT2D eigenvalue weighted by molar-refractivity contribution is 5.81. The molecule has 0 aliphatic rings. The highest BCUT2D eigenvalue weighted by Gasteiger charge is 2.14. The molecule has 0 bridgehead atoms. The number of nitrogens with two attached hydrogens (primary N) is 1. The second-order valence-corrected chi connectivity index (χ2v) is 5.13. The average molecular weight is 242 g/mol. The molecule has 1 atom stereocenters. The van der Waals surface area contributed by atoms with Crippen LogP contribution >= 0.6 is 0 Å². The van der Waals surface area contributed by atoms with Crippen molar-refractivity contribution in [2.24, 2.45) is 5.73 Å². The van der Waals surface area contributed by atoms with Crippen LogP contribution < -0.4 is 16.4 Å². The molecule has 4 N–H and O–H groups in total. The molecule has 0 saturated carbocycles. The zero-order valence-corrected chi connectivity index (χ0v) is 11.0. The molecule has 17 heavy (non-hydrogen) atoms. The quantitative estimate of drug-likeness (QED) is 0.527. The van der Waals surface area contributed by atoms with Crippen molar-refractivity contribution in [1.82, 2.24) is 10.6 Å². The Morgan fingerprint density at radius 3 is 2.47 bits per heavy atom. The van der Waals surface area contributed by atoms with E-state index < -0.39 is 6.04 Å². The molecule has 0 aliphatic heterocycles. The van der Waals surface area contributed by atoms with Gasteiger partial charge in [-0.3, -0.25) is 9.59 Å². The van der Waals surface area contributed by atoms with E-state index in [1.807, 2.05) is 27.1 Å². The summed E-state index contributed by atoms with van der Waals surface area (Å²) < 4.78 is 0. The lowest BCUT2D eigenvalue weighted by atomic mass is 10.1. The van der Waals surface area contributed by atoms with Crippen molar-refractivity contribution < 1.29 is 9.59 Å². The first-order chi connectivity index (χ1) is 7.89. The highest BCUT2D eigenvalue weighted by atomic mass is 16.2. The Hall–Kier alpha value is -0.940. The van der Waals surface area contributed by atoms with Crippen LogP contribution in [0.15, 0.2) is 0 Å². The van der Waals surface area contributed by atoms with E-state index in [-0.39, 0.29) is 18.0 Å². The molecule has 0 fully saturated rings. The standard InChI is InChI=1S/C12H24N3O2/c1-12(2,3)14-8-11(17)15-10(9-16)6-4-5-7-13/h10,14H,4-8,13H2,1-3H3,(H,15,17)/t10-/m0/s1. The predicted octanol–water partition coefficient (Wildman–Crippen LogP) is 0.0980. The monoisotopic (exact) mass is 242 g/mol. The number of rotatable bonds is 8. The zero-order chi connectivity index (χ0) is 13.3. The van der Waals surface area contributed by atoms with Gasteiger partial charge in [-0.2, -0.15) is 0 Å². The van der Waals surface area contributed by atoms with E-state index in [2.05, 4.69) is 10.6 Å². The molecule has 0 spiro atoms. The normalized spacial score (nSPS) is 13.2. The van der Waals surface area contributed by atoms with Crippen molar-refractivity contribution in [2.75, 3.05) is 13.1 Å². The Bertz CT molecular complexity index is 236. The van der Waals surface area contributed by atoms with Gasteiger partial charge in [0.2, 0.25) is 12.2 Å². The van der Waals surface area contributed by atoms with Crippen LogP contribution in [0.2, 0.25) is 0 Å². The van der Waals surface area contributed by atoms with Crippen molar-refractivity contribution in [1.29, 1.82) is 0 Å². The van der Waals surface area contributed by atoms with Gasteiger partial charge in [-0.05, 0) is 46.6 Å². The summed E-state index contributed by atoms with van der Waals surface area (Å²) in [5.74, 6) is -0.180. The highest BCUT2D eigenvalue weighted by Crippen LogP contribution is 1.99. The molecule has 0 aliphatic carbocycles. The fourth-order valence-electron chi connectivity index (χ4n) is 1.24. The largest absolute Gasteiger partial charge is 0.345 e.